The number of hydrazine groups is 1. The van der Waals surface area contributed by atoms with Gasteiger partial charge in [0, 0.05) is 24.8 Å². The molecule has 0 amide bonds. The van der Waals surface area contributed by atoms with Gasteiger partial charge in [0.25, 0.3) is 0 Å². The molecular weight excluding hydrogens is 226 g/mol. The van der Waals surface area contributed by atoms with Crippen LogP contribution in [0.5, 0.6) is 0 Å². The summed E-state index contributed by atoms with van der Waals surface area (Å²) in [6.07, 6.45) is 2.39. The summed E-state index contributed by atoms with van der Waals surface area (Å²) >= 11 is 0. The maximum Gasteiger partial charge on any atom is 0.239 e. The van der Waals surface area contributed by atoms with E-state index in [0.717, 1.165) is 24.6 Å². The molecule has 18 heavy (non-hydrogen) atoms. The second kappa shape index (κ2) is 7.16. The SMILES string of the molecule is CCC(CC)CN(CC)c1cc(C)nc(NN)n1. The minimum atomic E-state index is 0.480. The van der Waals surface area contributed by atoms with Crippen molar-refractivity contribution in [2.45, 2.75) is 40.5 Å². The van der Waals surface area contributed by atoms with E-state index >= 15 is 0 Å². The fourth-order valence-corrected chi connectivity index (χ4v) is 2.02. The van der Waals surface area contributed by atoms with Gasteiger partial charge in [0.1, 0.15) is 5.82 Å². The Bertz CT molecular complexity index is 362. The molecule has 0 spiro atoms. The molecule has 0 fully saturated rings. The van der Waals surface area contributed by atoms with Gasteiger partial charge in [0.05, 0.1) is 0 Å². The maximum atomic E-state index is 5.39. The van der Waals surface area contributed by atoms with Crippen molar-refractivity contribution in [2.75, 3.05) is 23.4 Å². The Hall–Kier alpha value is -1.36. The molecule has 0 aliphatic rings. The van der Waals surface area contributed by atoms with Crippen LogP contribution in [-0.2, 0) is 0 Å². The van der Waals surface area contributed by atoms with E-state index in [0.29, 0.717) is 11.9 Å². The number of nitrogens with zero attached hydrogens (tertiary/aromatic N) is 3. The number of hydrogen-bond donors (Lipinski definition) is 2. The lowest BCUT2D eigenvalue weighted by Gasteiger charge is -2.26. The Morgan fingerprint density at radius 3 is 2.44 bits per heavy atom. The molecule has 5 nitrogen and oxygen atoms in total. The highest BCUT2D eigenvalue weighted by molar-refractivity contribution is 5.44. The predicted molar refractivity (Wildman–Crippen MR) is 76.5 cm³/mol. The summed E-state index contributed by atoms with van der Waals surface area (Å²) in [6, 6.07) is 2.01. The van der Waals surface area contributed by atoms with Crippen LogP contribution < -0.4 is 16.2 Å². The Labute approximate surface area is 110 Å². The van der Waals surface area contributed by atoms with Crippen molar-refractivity contribution in [3.63, 3.8) is 0 Å². The van der Waals surface area contributed by atoms with Crippen molar-refractivity contribution in [3.8, 4) is 0 Å². The second-order valence-corrected chi connectivity index (χ2v) is 4.56. The zero-order valence-corrected chi connectivity index (χ0v) is 11.9. The third-order valence-electron chi connectivity index (χ3n) is 3.31. The molecule has 0 saturated heterocycles. The first-order chi connectivity index (χ1) is 8.64. The molecule has 0 atom stereocenters. The van der Waals surface area contributed by atoms with Gasteiger partial charge in [0.2, 0.25) is 5.95 Å². The van der Waals surface area contributed by atoms with E-state index in [1.165, 1.54) is 12.8 Å². The van der Waals surface area contributed by atoms with Crippen LogP contribution >= 0.6 is 0 Å². The topological polar surface area (TPSA) is 67.1 Å². The van der Waals surface area contributed by atoms with Crippen LogP contribution in [0.4, 0.5) is 11.8 Å². The van der Waals surface area contributed by atoms with Gasteiger partial charge < -0.3 is 4.90 Å². The Balaban J connectivity index is 2.90. The Kier molecular flexibility index (Phi) is 5.85. The lowest BCUT2D eigenvalue weighted by atomic mass is 10.0. The molecule has 1 heterocycles. The fraction of sp³-hybridized carbons (Fsp3) is 0.692. The largest absolute Gasteiger partial charge is 0.356 e. The third kappa shape index (κ3) is 3.84. The standard InChI is InChI=1S/C13H25N5/c1-5-11(6-2)9-18(7-3)12-8-10(4)15-13(16-12)17-14/h8,11H,5-7,9,14H2,1-4H3,(H,15,16,17). The summed E-state index contributed by atoms with van der Waals surface area (Å²) in [5, 5.41) is 0. The number of nitrogens with one attached hydrogen (secondary N) is 1. The van der Waals surface area contributed by atoms with Gasteiger partial charge in [-0.1, -0.05) is 26.7 Å². The first-order valence-corrected chi connectivity index (χ1v) is 6.71. The lowest BCUT2D eigenvalue weighted by Crippen LogP contribution is -2.30. The summed E-state index contributed by atoms with van der Waals surface area (Å²) in [6.45, 7) is 10.5. The molecule has 0 radical (unpaired) electrons. The Morgan fingerprint density at radius 1 is 1.28 bits per heavy atom. The Morgan fingerprint density at radius 2 is 1.94 bits per heavy atom. The molecule has 3 N–H and O–H groups in total. The zero-order valence-electron chi connectivity index (χ0n) is 11.9. The van der Waals surface area contributed by atoms with Crippen molar-refractivity contribution in [2.24, 2.45) is 11.8 Å². The zero-order chi connectivity index (χ0) is 13.5. The summed E-state index contributed by atoms with van der Waals surface area (Å²) in [5.41, 5.74) is 3.45. The molecule has 5 heteroatoms. The maximum absolute atomic E-state index is 5.39. The fourth-order valence-electron chi connectivity index (χ4n) is 2.02. The van der Waals surface area contributed by atoms with Gasteiger partial charge in [0.15, 0.2) is 0 Å². The molecule has 0 aliphatic carbocycles. The quantitative estimate of drug-likeness (QED) is 0.575. The van der Waals surface area contributed by atoms with Crippen molar-refractivity contribution >= 4 is 11.8 Å². The van der Waals surface area contributed by atoms with Crippen molar-refractivity contribution in [1.82, 2.24) is 9.97 Å². The number of nitrogens with two attached hydrogens (primary N) is 1. The highest BCUT2D eigenvalue weighted by Gasteiger charge is 2.13. The van der Waals surface area contributed by atoms with Gasteiger partial charge in [-0.15, -0.1) is 0 Å². The van der Waals surface area contributed by atoms with E-state index in [9.17, 15) is 0 Å². The average molecular weight is 251 g/mol. The molecular formula is C13H25N5. The molecule has 0 saturated carbocycles. The monoisotopic (exact) mass is 251 g/mol. The number of nitrogen functional groups attached to an aromatic ring is 1. The summed E-state index contributed by atoms with van der Waals surface area (Å²) in [5.74, 6) is 7.52. The van der Waals surface area contributed by atoms with Crippen molar-refractivity contribution in [1.29, 1.82) is 0 Å². The first kappa shape index (κ1) is 14.7. The van der Waals surface area contributed by atoms with Gasteiger partial charge >= 0.3 is 0 Å². The van der Waals surface area contributed by atoms with Gasteiger partial charge in [-0.25, -0.2) is 10.8 Å². The molecule has 0 aromatic carbocycles. The molecule has 0 aliphatic heterocycles. The molecule has 1 rings (SSSR count). The summed E-state index contributed by atoms with van der Waals surface area (Å²) in [4.78, 5) is 10.9. The number of hydrogen-bond acceptors (Lipinski definition) is 5. The normalized spacial score (nSPS) is 10.8. The van der Waals surface area contributed by atoms with Gasteiger partial charge in [-0.2, -0.15) is 4.98 Å². The van der Waals surface area contributed by atoms with Gasteiger partial charge in [-0.05, 0) is 19.8 Å². The molecule has 0 unspecified atom stereocenters. The van der Waals surface area contributed by atoms with Gasteiger partial charge in [-0.3, -0.25) is 5.43 Å². The van der Waals surface area contributed by atoms with Crippen LogP contribution in [0, 0.1) is 12.8 Å². The van der Waals surface area contributed by atoms with Crippen LogP contribution in [0.1, 0.15) is 39.3 Å². The molecule has 1 aromatic heterocycles. The summed E-state index contributed by atoms with van der Waals surface area (Å²) < 4.78 is 0. The van der Waals surface area contributed by atoms with Crippen molar-refractivity contribution < 1.29 is 0 Å². The van der Waals surface area contributed by atoms with Crippen LogP contribution in [0.25, 0.3) is 0 Å². The number of rotatable bonds is 7. The van der Waals surface area contributed by atoms with E-state index in [2.05, 4.69) is 41.1 Å². The lowest BCUT2D eigenvalue weighted by molar-refractivity contribution is 0.484. The highest BCUT2D eigenvalue weighted by atomic mass is 15.3. The first-order valence-electron chi connectivity index (χ1n) is 6.71. The number of anilines is 2. The van der Waals surface area contributed by atoms with E-state index in [4.69, 9.17) is 5.84 Å². The second-order valence-electron chi connectivity index (χ2n) is 4.56. The van der Waals surface area contributed by atoms with Crippen molar-refractivity contribution in [3.05, 3.63) is 11.8 Å². The van der Waals surface area contributed by atoms with E-state index in [-0.39, 0.29) is 0 Å². The van der Waals surface area contributed by atoms with E-state index < -0.39 is 0 Å². The van der Waals surface area contributed by atoms with E-state index in [1.807, 2.05) is 13.0 Å². The van der Waals surface area contributed by atoms with Crippen LogP contribution in [0.2, 0.25) is 0 Å². The summed E-state index contributed by atoms with van der Waals surface area (Å²) in [7, 11) is 0. The highest BCUT2D eigenvalue weighted by Crippen LogP contribution is 2.18. The number of aryl methyl sites for hydroxylation is 1. The minimum absolute atomic E-state index is 0.480. The average Bonchev–Trinajstić information content (AvgIpc) is 2.39. The molecule has 1 aromatic rings. The van der Waals surface area contributed by atoms with Crippen LogP contribution in [0.15, 0.2) is 6.07 Å². The minimum Gasteiger partial charge on any atom is -0.356 e. The molecule has 102 valence electrons. The van der Waals surface area contributed by atoms with Crippen LogP contribution in [0.3, 0.4) is 0 Å². The van der Waals surface area contributed by atoms with Crippen LogP contribution in [-0.4, -0.2) is 23.1 Å². The third-order valence-corrected chi connectivity index (χ3v) is 3.31. The number of aromatic nitrogens is 2. The molecule has 0 bridgehead atoms. The predicted octanol–water partition coefficient (Wildman–Crippen LogP) is 2.33. The van der Waals surface area contributed by atoms with E-state index in [1.54, 1.807) is 0 Å². The smallest absolute Gasteiger partial charge is 0.239 e.